The van der Waals surface area contributed by atoms with Crippen molar-refractivity contribution >= 4 is 16.8 Å². The summed E-state index contributed by atoms with van der Waals surface area (Å²) in [5, 5.41) is 10.0. The molecule has 0 spiro atoms. The van der Waals surface area contributed by atoms with E-state index < -0.39 is 0 Å². The van der Waals surface area contributed by atoms with Gasteiger partial charge in [0.2, 0.25) is 11.7 Å². The fourth-order valence-electron chi connectivity index (χ4n) is 4.23. The van der Waals surface area contributed by atoms with Crippen LogP contribution >= 0.6 is 0 Å². The van der Waals surface area contributed by atoms with Crippen LogP contribution in [0.3, 0.4) is 0 Å². The van der Waals surface area contributed by atoms with E-state index in [1.54, 1.807) is 30.5 Å². The molecule has 2 aromatic heterocycles. The van der Waals surface area contributed by atoms with Gasteiger partial charge in [-0.05, 0) is 67.6 Å². The number of hydrogen-bond acceptors (Lipinski definition) is 5. The summed E-state index contributed by atoms with van der Waals surface area (Å²) in [7, 11) is 0. The van der Waals surface area contributed by atoms with Crippen molar-refractivity contribution in [1.82, 2.24) is 15.0 Å². The van der Waals surface area contributed by atoms with Gasteiger partial charge in [0.1, 0.15) is 5.75 Å². The number of para-hydroxylation sites is 2. The average molecular weight is 413 g/mol. The van der Waals surface area contributed by atoms with Crippen LogP contribution in [0.1, 0.15) is 53.3 Å². The molecule has 2 heterocycles. The number of imidazole rings is 1. The number of benzene rings is 2. The number of nitrogens with one attached hydrogen (secondary N) is 1. The number of carbonyl (C=O) groups excluding carboxylic acids is 1. The van der Waals surface area contributed by atoms with Crippen LogP contribution in [0.15, 0.2) is 66.9 Å². The summed E-state index contributed by atoms with van der Waals surface area (Å²) in [6.45, 7) is 0. The Balaban J connectivity index is 1.34. The van der Waals surface area contributed by atoms with Crippen LogP contribution in [0, 0.1) is 0 Å². The van der Waals surface area contributed by atoms with Crippen molar-refractivity contribution < 1.29 is 14.6 Å². The lowest BCUT2D eigenvalue weighted by Gasteiger charge is -2.27. The van der Waals surface area contributed by atoms with Crippen molar-refractivity contribution in [3.63, 3.8) is 0 Å². The molecule has 6 heteroatoms. The maximum atomic E-state index is 12.8. The number of fused-ring (bicyclic) bond motifs is 1. The first-order chi connectivity index (χ1) is 15.2. The second-order valence-corrected chi connectivity index (χ2v) is 7.97. The Morgan fingerprint density at radius 2 is 1.87 bits per heavy atom. The Bertz CT molecular complexity index is 1180. The quantitative estimate of drug-likeness (QED) is 0.450. The van der Waals surface area contributed by atoms with Crippen molar-refractivity contribution in [3.8, 4) is 11.6 Å². The van der Waals surface area contributed by atoms with E-state index in [1.165, 1.54) is 0 Å². The van der Waals surface area contributed by atoms with Crippen molar-refractivity contribution in [1.29, 1.82) is 0 Å². The Hall–Kier alpha value is -3.51. The van der Waals surface area contributed by atoms with E-state index in [-0.39, 0.29) is 17.8 Å². The van der Waals surface area contributed by atoms with Crippen LogP contribution in [0.25, 0.3) is 11.0 Å². The summed E-state index contributed by atoms with van der Waals surface area (Å²) in [6, 6.07) is 18.5. The van der Waals surface area contributed by atoms with E-state index in [0.29, 0.717) is 23.0 Å². The summed E-state index contributed by atoms with van der Waals surface area (Å²) in [4.78, 5) is 24.7. The van der Waals surface area contributed by atoms with E-state index in [0.717, 1.165) is 42.3 Å². The number of aliphatic hydroxyl groups is 1. The van der Waals surface area contributed by atoms with Gasteiger partial charge in [-0.1, -0.05) is 24.6 Å². The number of carbonyl (C=O) groups is 1. The molecule has 0 radical (unpaired) electrons. The highest BCUT2D eigenvalue weighted by atomic mass is 16.5. The largest absolute Gasteiger partial charge is 0.439 e. The van der Waals surface area contributed by atoms with Crippen LogP contribution in [0.5, 0.6) is 11.6 Å². The third-order valence-corrected chi connectivity index (χ3v) is 5.82. The number of aromatic amines is 1. The molecule has 2 N–H and O–H groups in total. The van der Waals surface area contributed by atoms with Gasteiger partial charge in [-0.2, -0.15) is 0 Å². The third kappa shape index (κ3) is 4.07. The first-order valence-corrected chi connectivity index (χ1v) is 10.6. The molecular formula is C25H23N3O3. The van der Waals surface area contributed by atoms with Gasteiger partial charge in [0.05, 0.1) is 17.1 Å². The first kappa shape index (κ1) is 19.5. The molecule has 1 aliphatic carbocycles. The minimum absolute atomic E-state index is 0.169. The van der Waals surface area contributed by atoms with Crippen molar-refractivity contribution in [2.24, 2.45) is 0 Å². The lowest BCUT2D eigenvalue weighted by Crippen LogP contribution is -2.18. The highest BCUT2D eigenvalue weighted by Crippen LogP contribution is 2.38. The molecule has 1 saturated carbocycles. The molecule has 5 rings (SSSR count). The second kappa shape index (κ2) is 8.32. The average Bonchev–Trinajstić information content (AvgIpc) is 3.24. The summed E-state index contributed by atoms with van der Waals surface area (Å²) in [5.41, 5.74) is 3.15. The summed E-state index contributed by atoms with van der Waals surface area (Å²) < 4.78 is 6.06. The summed E-state index contributed by atoms with van der Waals surface area (Å²) in [6.07, 6.45) is 5.04. The Morgan fingerprint density at radius 3 is 2.68 bits per heavy atom. The summed E-state index contributed by atoms with van der Waals surface area (Å²) in [5.74, 6) is 1.55. The zero-order chi connectivity index (χ0) is 21.2. The zero-order valence-electron chi connectivity index (χ0n) is 17.0. The lowest BCUT2D eigenvalue weighted by atomic mass is 9.83. The van der Waals surface area contributed by atoms with Gasteiger partial charge < -0.3 is 14.8 Å². The van der Waals surface area contributed by atoms with Gasteiger partial charge in [-0.25, -0.2) is 9.97 Å². The smallest absolute Gasteiger partial charge is 0.228 e. The third-order valence-electron chi connectivity index (χ3n) is 5.82. The van der Waals surface area contributed by atoms with E-state index in [2.05, 4.69) is 15.0 Å². The molecule has 2 atom stereocenters. The van der Waals surface area contributed by atoms with Gasteiger partial charge in [-0.3, -0.25) is 4.79 Å². The van der Waals surface area contributed by atoms with Gasteiger partial charge in [0.15, 0.2) is 5.82 Å². The minimum Gasteiger partial charge on any atom is -0.439 e. The van der Waals surface area contributed by atoms with Gasteiger partial charge in [-0.15, -0.1) is 0 Å². The molecule has 0 amide bonds. The maximum absolute atomic E-state index is 12.8. The van der Waals surface area contributed by atoms with Gasteiger partial charge >= 0.3 is 0 Å². The Morgan fingerprint density at radius 1 is 1.03 bits per heavy atom. The molecule has 6 nitrogen and oxygen atoms in total. The lowest BCUT2D eigenvalue weighted by molar-refractivity contribution is 0.103. The molecule has 4 aromatic rings. The van der Waals surface area contributed by atoms with Crippen molar-refractivity contribution in [3.05, 3.63) is 83.8 Å². The molecule has 1 fully saturated rings. The van der Waals surface area contributed by atoms with Gasteiger partial charge in [0.25, 0.3) is 0 Å². The highest BCUT2D eigenvalue weighted by molar-refractivity contribution is 6.08. The number of aromatic nitrogens is 3. The van der Waals surface area contributed by atoms with Crippen LogP contribution in [0.4, 0.5) is 0 Å². The highest BCUT2D eigenvalue weighted by Gasteiger charge is 2.25. The second-order valence-electron chi connectivity index (χ2n) is 7.97. The van der Waals surface area contributed by atoms with Crippen molar-refractivity contribution in [2.45, 2.75) is 37.7 Å². The predicted octanol–water partition coefficient (Wildman–Crippen LogP) is 5.00. The fourth-order valence-corrected chi connectivity index (χ4v) is 4.23. The van der Waals surface area contributed by atoms with Crippen LogP contribution < -0.4 is 4.74 Å². The van der Waals surface area contributed by atoms with Crippen LogP contribution in [-0.2, 0) is 0 Å². The fraction of sp³-hybridized carbons (Fsp3) is 0.240. The van der Waals surface area contributed by atoms with E-state index >= 15 is 0 Å². The molecular weight excluding hydrogens is 390 g/mol. The molecule has 0 bridgehead atoms. The molecule has 0 aliphatic heterocycles. The standard InChI is InChI=1S/C25H23N3O3/c29-18-6-3-5-17(15-18)20-7-4-14-26-25(20)31-19-12-10-16(11-13-19)23(30)24-27-21-8-1-2-9-22(21)28-24/h1-2,4,7-14,17-18,29H,3,5-6,15H2,(H,27,28)/t17-,18-/m0/s1. The first-order valence-electron chi connectivity index (χ1n) is 10.6. The number of H-pyrrole nitrogens is 1. The predicted molar refractivity (Wildman–Crippen MR) is 117 cm³/mol. The van der Waals surface area contributed by atoms with Gasteiger partial charge in [0, 0.05) is 17.3 Å². The molecule has 31 heavy (non-hydrogen) atoms. The number of nitrogens with zero attached hydrogens (tertiary/aromatic N) is 2. The normalized spacial score (nSPS) is 18.7. The number of rotatable bonds is 5. The Kier molecular flexibility index (Phi) is 5.22. The van der Waals surface area contributed by atoms with E-state index in [4.69, 9.17) is 4.74 Å². The number of hydrogen-bond donors (Lipinski definition) is 2. The monoisotopic (exact) mass is 413 g/mol. The topological polar surface area (TPSA) is 88.1 Å². The Labute approximate surface area is 179 Å². The molecule has 0 saturated heterocycles. The summed E-state index contributed by atoms with van der Waals surface area (Å²) >= 11 is 0. The number of ketones is 1. The van der Waals surface area contributed by atoms with Crippen LogP contribution in [-0.4, -0.2) is 31.9 Å². The molecule has 1 aliphatic rings. The minimum atomic E-state index is -0.268. The zero-order valence-corrected chi connectivity index (χ0v) is 17.0. The van der Waals surface area contributed by atoms with Crippen LogP contribution in [0.2, 0.25) is 0 Å². The molecule has 156 valence electrons. The number of ether oxygens (including phenoxy) is 1. The number of aliphatic hydroxyl groups excluding tert-OH is 1. The van der Waals surface area contributed by atoms with E-state index in [9.17, 15) is 9.90 Å². The number of pyridine rings is 1. The molecule has 2 aromatic carbocycles. The van der Waals surface area contributed by atoms with Crippen molar-refractivity contribution in [2.75, 3.05) is 0 Å². The van der Waals surface area contributed by atoms with E-state index in [1.807, 2.05) is 36.4 Å². The SMILES string of the molecule is O=C(c1ccc(Oc2ncccc2[C@H]2CCC[C@H](O)C2)cc1)c1nc2ccccc2[nH]1. The maximum Gasteiger partial charge on any atom is 0.228 e. The molecule has 0 unspecified atom stereocenters.